The maximum atomic E-state index is 11.1. The summed E-state index contributed by atoms with van der Waals surface area (Å²) < 4.78 is 1.63. The molecule has 0 aliphatic carbocycles. The molecule has 2 N–H and O–H groups in total. The minimum atomic E-state index is -0.980. The summed E-state index contributed by atoms with van der Waals surface area (Å²) in [4.78, 5) is 11.1. The number of hydrogen-bond donors (Lipinski definition) is 2. The molecule has 4 aromatic rings. The van der Waals surface area contributed by atoms with Crippen molar-refractivity contribution in [1.82, 2.24) is 15.0 Å². The van der Waals surface area contributed by atoms with Gasteiger partial charge in [0, 0.05) is 5.56 Å². The van der Waals surface area contributed by atoms with E-state index in [-0.39, 0.29) is 11.3 Å². The molecule has 132 valence electrons. The van der Waals surface area contributed by atoms with Crippen molar-refractivity contribution in [3.8, 4) is 33.8 Å². The average Bonchev–Trinajstić information content (AvgIpc) is 3.18. The molecule has 0 unspecified atom stereocenters. The number of aromatic nitrogens is 3. The summed E-state index contributed by atoms with van der Waals surface area (Å²) in [5.41, 5.74) is 4.22. The van der Waals surface area contributed by atoms with Gasteiger partial charge in [-0.15, -0.1) is 5.10 Å². The van der Waals surface area contributed by atoms with Gasteiger partial charge in [0.2, 0.25) is 0 Å². The minimum absolute atomic E-state index is 0.206. The molecule has 0 bridgehead atoms. The Hall–Kier alpha value is -3.93. The molecule has 0 saturated carbocycles. The Balaban J connectivity index is 1.62. The fourth-order valence-corrected chi connectivity index (χ4v) is 2.83. The summed E-state index contributed by atoms with van der Waals surface area (Å²) in [6.07, 6.45) is 1.75. The molecule has 6 nitrogen and oxygen atoms in total. The lowest BCUT2D eigenvalue weighted by Gasteiger charge is -2.04. The topological polar surface area (TPSA) is 88.2 Å². The predicted molar refractivity (Wildman–Crippen MR) is 101 cm³/mol. The fraction of sp³-hybridized carbons (Fsp3) is 0. The molecule has 0 amide bonds. The van der Waals surface area contributed by atoms with Crippen molar-refractivity contribution < 1.29 is 15.0 Å². The number of benzene rings is 3. The van der Waals surface area contributed by atoms with Gasteiger partial charge in [-0.05, 0) is 47.5 Å². The molecule has 0 fully saturated rings. The van der Waals surface area contributed by atoms with Gasteiger partial charge in [0.05, 0.1) is 17.4 Å². The lowest BCUT2D eigenvalue weighted by molar-refractivity contribution is 0.0697. The second kappa shape index (κ2) is 6.76. The SMILES string of the molecule is O=C(O)c1cccc(-c2cn(-c3ccc(-c4cccc(O)c4)cc3)nn2)c1. The molecular formula is C21H15N3O3. The van der Waals surface area contributed by atoms with E-state index in [0.717, 1.165) is 16.8 Å². The first-order chi connectivity index (χ1) is 13.1. The maximum absolute atomic E-state index is 11.1. The van der Waals surface area contributed by atoms with Gasteiger partial charge in [0.1, 0.15) is 11.4 Å². The molecule has 0 radical (unpaired) electrons. The van der Waals surface area contributed by atoms with Crippen LogP contribution in [0.15, 0.2) is 79.0 Å². The average molecular weight is 357 g/mol. The van der Waals surface area contributed by atoms with Crippen LogP contribution in [0.1, 0.15) is 10.4 Å². The molecule has 0 atom stereocenters. The standard InChI is InChI=1S/C21H15N3O3/c25-19-6-2-3-15(12-19)14-7-9-18(10-8-14)24-13-20(22-23-24)16-4-1-5-17(11-16)21(26)27/h1-13,25H,(H,26,27). The van der Waals surface area contributed by atoms with Crippen LogP contribution in [0.2, 0.25) is 0 Å². The second-order valence-corrected chi connectivity index (χ2v) is 6.03. The Labute approximate surface area is 155 Å². The van der Waals surface area contributed by atoms with Crippen LogP contribution < -0.4 is 0 Å². The zero-order chi connectivity index (χ0) is 18.8. The van der Waals surface area contributed by atoms with E-state index < -0.39 is 5.97 Å². The largest absolute Gasteiger partial charge is 0.508 e. The molecule has 6 heteroatoms. The number of carboxylic acid groups (broad SMARTS) is 1. The molecule has 0 spiro atoms. The van der Waals surface area contributed by atoms with E-state index in [4.69, 9.17) is 5.11 Å². The van der Waals surface area contributed by atoms with E-state index in [1.807, 2.05) is 30.3 Å². The van der Waals surface area contributed by atoms with Gasteiger partial charge >= 0.3 is 5.97 Å². The highest BCUT2D eigenvalue weighted by Gasteiger charge is 2.09. The van der Waals surface area contributed by atoms with Gasteiger partial charge in [-0.25, -0.2) is 9.48 Å². The van der Waals surface area contributed by atoms with E-state index in [1.54, 1.807) is 47.3 Å². The monoisotopic (exact) mass is 357 g/mol. The van der Waals surface area contributed by atoms with Crippen molar-refractivity contribution in [2.24, 2.45) is 0 Å². The Morgan fingerprint density at radius 3 is 2.33 bits per heavy atom. The normalized spacial score (nSPS) is 10.7. The van der Waals surface area contributed by atoms with Crippen molar-refractivity contribution in [3.63, 3.8) is 0 Å². The van der Waals surface area contributed by atoms with Crippen LogP contribution in [0.25, 0.3) is 28.1 Å². The van der Waals surface area contributed by atoms with Gasteiger partial charge in [-0.2, -0.15) is 0 Å². The van der Waals surface area contributed by atoms with Gasteiger partial charge < -0.3 is 10.2 Å². The van der Waals surface area contributed by atoms with Crippen LogP contribution in [0.5, 0.6) is 5.75 Å². The Kier molecular flexibility index (Phi) is 4.14. The summed E-state index contributed by atoms with van der Waals surface area (Å²) in [6.45, 7) is 0. The highest BCUT2D eigenvalue weighted by Crippen LogP contribution is 2.25. The first-order valence-corrected chi connectivity index (χ1v) is 8.26. The number of rotatable bonds is 4. The molecule has 1 heterocycles. The third kappa shape index (κ3) is 3.41. The van der Waals surface area contributed by atoms with Gasteiger partial charge in [0.15, 0.2) is 0 Å². The lowest BCUT2D eigenvalue weighted by atomic mass is 10.1. The molecule has 0 aliphatic rings. The number of phenols is 1. The Bertz CT molecular complexity index is 1120. The first-order valence-electron chi connectivity index (χ1n) is 8.26. The molecular weight excluding hydrogens is 342 g/mol. The summed E-state index contributed by atoms with van der Waals surface area (Å²) in [6, 6.07) is 21.4. The fourth-order valence-electron chi connectivity index (χ4n) is 2.83. The third-order valence-corrected chi connectivity index (χ3v) is 4.21. The zero-order valence-corrected chi connectivity index (χ0v) is 14.1. The summed E-state index contributed by atoms with van der Waals surface area (Å²) in [5, 5.41) is 27.0. The smallest absolute Gasteiger partial charge is 0.335 e. The van der Waals surface area contributed by atoms with E-state index in [2.05, 4.69) is 10.3 Å². The van der Waals surface area contributed by atoms with Crippen LogP contribution in [0.3, 0.4) is 0 Å². The number of aromatic hydroxyl groups is 1. The first kappa shape index (κ1) is 16.5. The summed E-state index contributed by atoms with van der Waals surface area (Å²) in [7, 11) is 0. The third-order valence-electron chi connectivity index (χ3n) is 4.21. The van der Waals surface area contributed by atoms with Crippen LogP contribution in [0, 0.1) is 0 Å². The van der Waals surface area contributed by atoms with E-state index in [9.17, 15) is 9.90 Å². The molecule has 4 rings (SSSR count). The lowest BCUT2D eigenvalue weighted by Crippen LogP contribution is -1.95. The summed E-state index contributed by atoms with van der Waals surface area (Å²) in [5.74, 6) is -0.757. The van der Waals surface area contributed by atoms with E-state index in [0.29, 0.717) is 11.3 Å². The molecule has 0 aliphatic heterocycles. The number of nitrogens with zero attached hydrogens (tertiary/aromatic N) is 3. The zero-order valence-electron chi connectivity index (χ0n) is 14.1. The molecule has 0 saturated heterocycles. The van der Waals surface area contributed by atoms with Crippen molar-refractivity contribution in [1.29, 1.82) is 0 Å². The van der Waals surface area contributed by atoms with Gasteiger partial charge in [-0.3, -0.25) is 0 Å². The Morgan fingerprint density at radius 2 is 1.59 bits per heavy atom. The highest BCUT2D eigenvalue weighted by atomic mass is 16.4. The van der Waals surface area contributed by atoms with Crippen LogP contribution in [-0.2, 0) is 0 Å². The predicted octanol–water partition coefficient (Wildman–Crippen LogP) is 4.01. The van der Waals surface area contributed by atoms with Crippen molar-refractivity contribution in [2.45, 2.75) is 0 Å². The van der Waals surface area contributed by atoms with E-state index >= 15 is 0 Å². The molecule has 1 aromatic heterocycles. The summed E-state index contributed by atoms with van der Waals surface area (Å²) >= 11 is 0. The van der Waals surface area contributed by atoms with Crippen LogP contribution in [0.4, 0.5) is 0 Å². The van der Waals surface area contributed by atoms with E-state index in [1.165, 1.54) is 6.07 Å². The van der Waals surface area contributed by atoms with Crippen LogP contribution in [-0.4, -0.2) is 31.2 Å². The number of hydrogen-bond acceptors (Lipinski definition) is 4. The van der Waals surface area contributed by atoms with Crippen molar-refractivity contribution in [3.05, 3.63) is 84.6 Å². The number of carbonyl (C=O) groups is 1. The minimum Gasteiger partial charge on any atom is -0.508 e. The number of phenolic OH excluding ortho intramolecular Hbond substituents is 1. The maximum Gasteiger partial charge on any atom is 0.335 e. The van der Waals surface area contributed by atoms with Crippen LogP contribution >= 0.6 is 0 Å². The van der Waals surface area contributed by atoms with Crippen molar-refractivity contribution >= 4 is 5.97 Å². The van der Waals surface area contributed by atoms with Gasteiger partial charge in [-0.1, -0.05) is 41.6 Å². The molecule has 27 heavy (non-hydrogen) atoms. The molecule has 3 aromatic carbocycles. The second-order valence-electron chi connectivity index (χ2n) is 6.03. The Morgan fingerprint density at radius 1 is 0.852 bits per heavy atom. The van der Waals surface area contributed by atoms with Crippen molar-refractivity contribution in [2.75, 3.05) is 0 Å². The number of aromatic carboxylic acids is 1. The quantitative estimate of drug-likeness (QED) is 0.576. The van der Waals surface area contributed by atoms with Gasteiger partial charge in [0.25, 0.3) is 0 Å². The number of carboxylic acids is 1. The highest BCUT2D eigenvalue weighted by molar-refractivity contribution is 5.89.